The minimum absolute atomic E-state index is 0.226. The standard InChI is InChI=1S/C15H26N2O2/c1-10(16)6-7-17-9-13-8-14(18-4)11(2)12(3)15(13)19-5/h8,10,17H,6-7,9,16H2,1-5H3. The van der Waals surface area contributed by atoms with Crippen LogP contribution in [0.15, 0.2) is 6.07 Å². The molecule has 0 heterocycles. The molecule has 0 bridgehead atoms. The van der Waals surface area contributed by atoms with Crippen LogP contribution in [0.3, 0.4) is 0 Å². The first-order valence-corrected chi connectivity index (χ1v) is 6.68. The largest absolute Gasteiger partial charge is 0.496 e. The van der Waals surface area contributed by atoms with Crippen LogP contribution >= 0.6 is 0 Å². The summed E-state index contributed by atoms with van der Waals surface area (Å²) >= 11 is 0. The molecule has 0 fully saturated rings. The van der Waals surface area contributed by atoms with E-state index in [4.69, 9.17) is 15.2 Å². The van der Waals surface area contributed by atoms with Gasteiger partial charge in [-0.2, -0.15) is 0 Å². The number of nitrogens with two attached hydrogens (primary N) is 1. The van der Waals surface area contributed by atoms with Crippen LogP contribution in [0.1, 0.15) is 30.0 Å². The number of hydrogen-bond acceptors (Lipinski definition) is 4. The molecule has 1 rings (SSSR count). The summed E-state index contributed by atoms with van der Waals surface area (Å²) in [6.45, 7) is 7.77. The van der Waals surface area contributed by atoms with Gasteiger partial charge in [-0.1, -0.05) is 0 Å². The van der Waals surface area contributed by atoms with E-state index in [0.717, 1.165) is 47.7 Å². The Hall–Kier alpha value is -1.26. The quantitative estimate of drug-likeness (QED) is 0.742. The number of methoxy groups -OCH3 is 2. The van der Waals surface area contributed by atoms with Crippen molar-refractivity contribution in [1.29, 1.82) is 0 Å². The molecule has 0 aromatic heterocycles. The van der Waals surface area contributed by atoms with Gasteiger partial charge in [0.1, 0.15) is 11.5 Å². The van der Waals surface area contributed by atoms with Crippen molar-refractivity contribution in [1.82, 2.24) is 5.32 Å². The van der Waals surface area contributed by atoms with E-state index in [0.29, 0.717) is 0 Å². The maximum Gasteiger partial charge on any atom is 0.126 e. The minimum Gasteiger partial charge on any atom is -0.496 e. The molecule has 1 unspecified atom stereocenters. The molecular formula is C15H26N2O2. The van der Waals surface area contributed by atoms with Gasteiger partial charge < -0.3 is 20.5 Å². The lowest BCUT2D eigenvalue weighted by atomic mass is 10.0. The Balaban J connectivity index is 2.84. The smallest absolute Gasteiger partial charge is 0.126 e. The molecule has 0 aliphatic carbocycles. The molecule has 0 spiro atoms. The van der Waals surface area contributed by atoms with E-state index in [1.807, 2.05) is 19.9 Å². The Morgan fingerprint density at radius 1 is 1.21 bits per heavy atom. The Morgan fingerprint density at radius 3 is 2.42 bits per heavy atom. The molecule has 0 aliphatic heterocycles. The lowest BCUT2D eigenvalue weighted by Crippen LogP contribution is -2.24. The topological polar surface area (TPSA) is 56.5 Å². The van der Waals surface area contributed by atoms with Crippen LogP contribution in [0.2, 0.25) is 0 Å². The highest BCUT2D eigenvalue weighted by Crippen LogP contribution is 2.33. The van der Waals surface area contributed by atoms with Crippen LogP contribution in [0.4, 0.5) is 0 Å². The van der Waals surface area contributed by atoms with E-state index in [9.17, 15) is 0 Å². The molecule has 19 heavy (non-hydrogen) atoms. The summed E-state index contributed by atoms with van der Waals surface area (Å²) in [5.41, 5.74) is 9.10. The summed E-state index contributed by atoms with van der Waals surface area (Å²) in [6.07, 6.45) is 0.963. The van der Waals surface area contributed by atoms with Crippen molar-refractivity contribution < 1.29 is 9.47 Å². The van der Waals surface area contributed by atoms with E-state index in [1.54, 1.807) is 14.2 Å². The van der Waals surface area contributed by atoms with E-state index < -0.39 is 0 Å². The minimum atomic E-state index is 0.226. The van der Waals surface area contributed by atoms with Gasteiger partial charge in [-0.05, 0) is 50.9 Å². The lowest BCUT2D eigenvalue weighted by molar-refractivity contribution is 0.391. The number of rotatable bonds is 7. The van der Waals surface area contributed by atoms with Gasteiger partial charge in [-0.3, -0.25) is 0 Å². The second-order valence-corrected chi connectivity index (χ2v) is 4.96. The SMILES string of the molecule is COc1cc(CNCCC(C)N)c(OC)c(C)c1C. The number of nitrogens with one attached hydrogen (secondary N) is 1. The summed E-state index contributed by atoms with van der Waals surface area (Å²) in [6, 6.07) is 2.27. The number of hydrogen-bond donors (Lipinski definition) is 2. The maximum absolute atomic E-state index is 5.73. The zero-order valence-corrected chi connectivity index (χ0v) is 12.7. The zero-order valence-electron chi connectivity index (χ0n) is 12.7. The molecule has 108 valence electrons. The average molecular weight is 266 g/mol. The highest BCUT2D eigenvalue weighted by molar-refractivity contribution is 5.52. The van der Waals surface area contributed by atoms with Crippen LogP contribution in [-0.4, -0.2) is 26.8 Å². The molecule has 0 saturated heterocycles. The van der Waals surface area contributed by atoms with Gasteiger partial charge in [0, 0.05) is 18.2 Å². The third-order valence-electron chi connectivity index (χ3n) is 3.39. The summed E-state index contributed by atoms with van der Waals surface area (Å²) in [5, 5.41) is 3.39. The molecule has 1 aromatic rings. The lowest BCUT2D eigenvalue weighted by Gasteiger charge is -2.17. The van der Waals surface area contributed by atoms with Crippen LogP contribution in [-0.2, 0) is 6.54 Å². The van der Waals surface area contributed by atoms with E-state index in [-0.39, 0.29) is 6.04 Å². The van der Waals surface area contributed by atoms with Crippen molar-refractivity contribution in [2.24, 2.45) is 5.73 Å². The van der Waals surface area contributed by atoms with E-state index >= 15 is 0 Å². The van der Waals surface area contributed by atoms with Crippen molar-refractivity contribution in [2.45, 2.75) is 39.8 Å². The third-order valence-corrected chi connectivity index (χ3v) is 3.39. The normalized spacial score (nSPS) is 12.3. The Bertz CT molecular complexity index is 417. The summed E-state index contributed by atoms with van der Waals surface area (Å²) in [4.78, 5) is 0. The fraction of sp³-hybridized carbons (Fsp3) is 0.600. The zero-order chi connectivity index (χ0) is 14.4. The van der Waals surface area contributed by atoms with Crippen molar-refractivity contribution in [3.63, 3.8) is 0 Å². The summed E-state index contributed by atoms with van der Waals surface area (Å²) < 4.78 is 10.9. The molecule has 4 heteroatoms. The van der Waals surface area contributed by atoms with Gasteiger partial charge in [-0.25, -0.2) is 0 Å². The third kappa shape index (κ3) is 4.11. The molecule has 0 saturated carbocycles. The predicted octanol–water partition coefficient (Wildman–Crippen LogP) is 2.15. The second kappa shape index (κ2) is 7.36. The highest BCUT2D eigenvalue weighted by Gasteiger charge is 2.13. The van der Waals surface area contributed by atoms with Gasteiger partial charge in [0.25, 0.3) is 0 Å². The van der Waals surface area contributed by atoms with Crippen molar-refractivity contribution >= 4 is 0 Å². The van der Waals surface area contributed by atoms with Crippen LogP contribution in [0.5, 0.6) is 11.5 Å². The molecule has 3 N–H and O–H groups in total. The van der Waals surface area contributed by atoms with Crippen LogP contribution in [0, 0.1) is 13.8 Å². The molecule has 0 aliphatic rings. The van der Waals surface area contributed by atoms with E-state index in [1.165, 1.54) is 0 Å². The first-order chi connectivity index (χ1) is 9.01. The predicted molar refractivity (Wildman–Crippen MR) is 79.0 cm³/mol. The average Bonchev–Trinajstić information content (AvgIpc) is 2.38. The van der Waals surface area contributed by atoms with Crippen molar-refractivity contribution in [3.05, 3.63) is 22.8 Å². The van der Waals surface area contributed by atoms with Gasteiger partial charge in [0.05, 0.1) is 14.2 Å². The highest BCUT2D eigenvalue weighted by atomic mass is 16.5. The Labute approximate surface area is 116 Å². The molecule has 0 amide bonds. The first-order valence-electron chi connectivity index (χ1n) is 6.68. The van der Waals surface area contributed by atoms with Gasteiger partial charge in [-0.15, -0.1) is 0 Å². The van der Waals surface area contributed by atoms with Gasteiger partial charge >= 0.3 is 0 Å². The Kier molecular flexibility index (Phi) is 6.12. The second-order valence-electron chi connectivity index (χ2n) is 4.96. The van der Waals surface area contributed by atoms with Crippen LogP contribution < -0.4 is 20.5 Å². The number of ether oxygens (including phenoxy) is 2. The molecule has 1 atom stereocenters. The summed E-state index contributed by atoms with van der Waals surface area (Å²) in [5.74, 6) is 1.84. The molecule has 4 nitrogen and oxygen atoms in total. The van der Waals surface area contributed by atoms with Gasteiger partial charge in [0.2, 0.25) is 0 Å². The van der Waals surface area contributed by atoms with Crippen molar-refractivity contribution in [2.75, 3.05) is 20.8 Å². The first kappa shape index (κ1) is 15.8. The Morgan fingerprint density at radius 2 is 1.89 bits per heavy atom. The molecular weight excluding hydrogens is 240 g/mol. The monoisotopic (exact) mass is 266 g/mol. The molecule has 0 radical (unpaired) electrons. The van der Waals surface area contributed by atoms with Crippen molar-refractivity contribution in [3.8, 4) is 11.5 Å². The van der Waals surface area contributed by atoms with Gasteiger partial charge in [0.15, 0.2) is 0 Å². The number of benzene rings is 1. The van der Waals surface area contributed by atoms with Crippen LogP contribution in [0.25, 0.3) is 0 Å². The fourth-order valence-corrected chi connectivity index (χ4v) is 2.11. The fourth-order valence-electron chi connectivity index (χ4n) is 2.11. The van der Waals surface area contributed by atoms with E-state index in [2.05, 4.69) is 12.2 Å². The molecule has 1 aromatic carbocycles. The maximum atomic E-state index is 5.73. The summed E-state index contributed by atoms with van der Waals surface area (Å²) in [7, 11) is 3.40.